The summed E-state index contributed by atoms with van der Waals surface area (Å²) in [5, 5.41) is 3.87. The molecule has 0 bridgehead atoms. The van der Waals surface area contributed by atoms with Gasteiger partial charge in [-0.15, -0.1) is 0 Å². The van der Waals surface area contributed by atoms with E-state index < -0.39 is 0 Å². The number of halogens is 2. The highest BCUT2D eigenvalue weighted by Crippen LogP contribution is 2.25. The number of piperidine rings is 1. The Morgan fingerprint density at radius 1 is 1.33 bits per heavy atom. The Morgan fingerprint density at radius 3 is 2.73 bits per heavy atom. The smallest absolute Gasteiger partial charge is 0.127 e. The summed E-state index contributed by atoms with van der Waals surface area (Å²) < 4.78 is 13.5. The van der Waals surface area contributed by atoms with Crippen LogP contribution in [0.5, 0.6) is 0 Å². The second-order valence-electron chi connectivity index (χ2n) is 4.10. The second-order valence-corrected chi connectivity index (χ2v) is 4.50. The summed E-state index contributed by atoms with van der Waals surface area (Å²) >= 11 is 5.99. The predicted octanol–water partition coefficient (Wildman–Crippen LogP) is 3.02. The first-order chi connectivity index (χ1) is 7.27. The SMILES string of the molecule is Fc1cccc(Cl)c1CC1CCNCC1. The zero-order chi connectivity index (χ0) is 10.7. The van der Waals surface area contributed by atoms with Gasteiger partial charge in [0.2, 0.25) is 0 Å². The molecule has 15 heavy (non-hydrogen) atoms. The quantitative estimate of drug-likeness (QED) is 0.819. The highest BCUT2D eigenvalue weighted by atomic mass is 35.5. The van der Waals surface area contributed by atoms with Gasteiger partial charge in [-0.1, -0.05) is 17.7 Å². The maximum absolute atomic E-state index is 13.5. The zero-order valence-corrected chi connectivity index (χ0v) is 9.36. The number of hydrogen-bond donors (Lipinski definition) is 1. The molecule has 2 rings (SSSR count). The number of rotatable bonds is 2. The Bertz CT molecular complexity index is 314. The molecule has 0 aromatic heterocycles. The van der Waals surface area contributed by atoms with Gasteiger partial charge in [0.05, 0.1) is 0 Å². The minimum Gasteiger partial charge on any atom is -0.317 e. The maximum Gasteiger partial charge on any atom is 0.127 e. The number of nitrogens with one attached hydrogen (secondary N) is 1. The molecule has 0 amide bonds. The Kier molecular flexibility index (Phi) is 3.60. The molecule has 1 aromatic carbocycles. The van der Waals surface area contributed by atoms with Crippen molar-refractivity contribution >= 4 is 11.6 Å². The first kappa shape index (κ1) is 10.9. The third-order valence-corrected chi connectivity index (χ3v) is 3.37. The minimum absolute atomic E-state index is 0.166. The third kappa shape index (κ3) is 2.70. The van der Waals surface area contributed by atoms with E-state index >= 15 is 0 Å². The average molecular weight is 228 g/mol. The summed E-state index contributed by atoms with van der Waals surface area (Å²) in [5.41, 5.74) is 0.686. The molecular formula is C12H15ClFN. The van der Waals surface area contributed by atoms with E-state index in [9.17, 15) is 4.39 Å². The third-order valence-electron chi connectivity index (χ3n) is 3.01. The monoisotopic (exact) mass is 227 g/mol. The van der Waals surface area contributed by atoms with Crippen LogP contribution in [0.2, 0.25) is 5.02 Å². The average Bonchev–Trinajstić information content (AvgIpc) is 2.25. The molecule has 3 heteroatoms. The van der Waals surface area contributed by atoms with Gasteiger partial charge in [0.15, 0.2) is 0 Å². The van der Waals surface area contributed by atoms with Crippen LogP contribution < -0.4 is 5.32 Å². The lowest BCUT2D eigenvalue weighted by molar-refractivity contribution is 0.368. The molecule has 0 atom stereocenters. The van der Waals surface area contributed by atoms with Gasteiger partial charge in [-0.2, -0.15) is 0 Å². The Hall–Kier alpha value is -0.600. The van der Waals surface area contributed by atoms with Gasteiger partial charge in [0.25, 0.3) is 0 Å². The molecule has 1 heterocycles. The highest BCUT2D eigenvalue weighted by molar-refractivity contribution is 6.31. The van der Waals surface area contributed by atoms with E-state index in [0.29, 0.717) is 16.5 Å². The summed E-state index contributed by atoms with van der Waals surface area (Å²) in [6.07, 6.45) is 3.00. The molecule has 1 saturated heterocycles. The second kappa shape index (κ2) is 4.95. The van der Waals surface area contributed by atoms with Crippen LogP contribution in [0.15, 0.2) is 18.2 Å². The molecule has 0 unspecified atom stereocenters. The lowest BCUT2D eigenvalue weighted by Gasteiger charge is -2.23. The van der Waals surface area contributed by atoms with E-state index in [0.717, 1.165) is 32.4 Å². The van der Waals surface area contributed by atoms with Crippen molar-refractivity contribution in [1.82, 2.24) is 5.32 Å². The van der Waals surface area contributed by atoms with Crippen LogP contribution in [0, 0.1) is 11.7 Å². The fraction of sp³-hybridized carbons (Fsp3) is 0.500. The number of benzene rings is 1. The first-order valence-electron chi connectivity index (χ1n) is 5.41. The Morgan fingerprint density at radius 2 is 2.07 bits per heavy atom. The summed E-state index contributed by atoms with van der Waals surface area (Å²) in [4.78, 5) is 0. The van der Waals surface area contributed by atoms with E-state index in [1.54, 1.807) is 12.1 Å². The van der Waals surface area contributed by atoms with Crippen LogP contribution in [0.3, 0.4) is 0 Å². The largest absolute Gasteiger partial charge is 0.317 e. The standard InChI is InChI=1S/C12H15ClFN/c13-11-2-1-3-12(14)10(11)8-9-4-6-15-7-5-9/h1-3,9,15H,4-8H2. The van der Waals surface area contributed by atoms with Crippen LogP contribution in [0.4, 0.5) is 4.39 Å². The topological polar surface area (TPSA) is 12.0 Å². The maximum atomic E-state index is 13.5. The highest BCUT2D eigenvalue weighted by Gasteiger charge is 2.17. The molecular weight excluding hydrogens is 213 g/mol. The van der Waals surface area contributed by atoms with E-state index in [-0.39, 0.29) is 5.82 Å². The molecule has 1 N–H and O–H groups in total. The summed E-state index contributed by atoms with van der Waals surface area (Å²) in [7, 11) is 0. The van der Waals surface area contributed by atoms with Gasteiger partial charge >= 0.3 is 0 Å². The summed E-state index contributed by atoms with van der Waals surface area (Å²) in [6.45, 7) is 2.08. The Labute approximate surface area is 94.6 Å². The van der Waals surface area contributed by atoms with Crippen LogP contribution in [0.25, 0.3) is 0 Å². The molecule has 0 aliphatic carbocycles. The van der Waals surface area contributed by atoms with Gasteiger partial charge in [-0.25, -0.2) is 4.39 Å². The van der Waals surface area contributed by atoms with Crippen molar-refractivity contribution in [1.29, 1.82) is 0 Å². The normalized spacial score (nSPS) is 18.0. The first-order valence-corrected chi connectivity index (χ1v) is 5.79. The van der Waals surface area contributed by atoms with Crippen molar-refractivity contribution in [2.45, 2.75) is 19.3 Å². The van der Waals surface area contributed by atoms with Crippen LogP contribution in [-0.2, 0) is 6.42 Å². The lowest BCUT2D eigenvalue weighted by Crippen LogP contribution is -2.28. The van der Waals surface area contributed by atoms with Gasteiger partial charge in [0, 0.05) is 10.6 Å². The minimum atomic E-state index is -0.166. The summed E-state index contributed by atoms with van der Waals surface area (Å²) in [5.74, 6) is 0.404. The van der Waals surface area contributed by atoms with Crippen molar-refractivity contribution < 1.29 is 4.39 Å². The van der Waals surface area contributed by atoms with E-state index in [1.165, 1.54) is 6.07 Å². The van der Waals surface area contributed by atoms with Gasteiger partial charge in [0.1, 0.15) is 5.82 Å². The van der Waals surface area contributed by atoms with E-state index in [4.69, 9.17) is 11.6 Å². The summed E-state index contributed by atoms with van der Waals surface area (Å²) in [6, 6.07) is 4.91. The van der Waals surface area contributed by atoms with Crippen LogP contribution >= 0.6 is 11.6 Å². The van der Waals surface area contributed by atoms with Gasteiger partial charge < -0.3 is 5.32 Å². The molecule has 0 saturated carbocycles. The van der Waals surface area contributed by atoms with E-state index in [2.05, 4.69) is 5.32 Å². The molecule has 1 aliphatic heterocycles. The fourth-order valence-electron chi connectivity index (χ4n) is 2.10. The van der Waals surface area contributed by atoms with Gasteiger partial charge in [-0.3, -0.25) is 0 Å². The predicted molar refractivity (Wildman–Crippen MR) is 60.7 cm³/mol. The molecule has 0 spiro atoms. The molecule has 0 radical (unpaired) electrons. The number of hydrogen-bond acceptors (Lipinski definition) is 1. The van der Waals surface area contributed by atoms with Crippen molar-refractivity contribution in [2.24, 2.45) is 5.92 Å². The van der Waals surface area contributed by atoms with Crippen LogP contribution in [0.1, 0.15) is 18.4 Å². The van der Waals surface area contributed by atoms with Crippen molar-refractivity contribution in [3.63, 3.8) is 0 Å². The molecule has 1 fully saturated rings. The lowest BCUT2D eigenvalue weighted by atomic mass is 9.91. The molecule has 1 aromatic rings. The van der Waals surface area contributed by atoms with Crippen molar-refractivity contribution in [3.8, 4) is 0 Å². The molecule has 82 valence electrons. The molecule has 1 aliphatic rings. The molecule has 1 nitrogen and oxygen atoms in total. The fourth-order valence-corrected chi connectivity index (χ4v) is 2.34. The Balaban J connectivity index is 2.09. The zero-order valence-electron chi connectivity index (χ0n) is 8.60. The van der Waals surface area contributed by atoms with Crippen molar-refractivity contribution in [3.05, 3.63) is 34.6 Å². The van der Waals surface area contributed by atoms with Crippen molar-refractivity contribution in [2.75, 3.05) is 13.1 Å². The van der Waals surface area contributed by atoms with Crippen LogP contribution in [-0.4, -0.2) is 13.1 Å². The van der Waals surface area contributed by atoms with E-state index in [1.807, 2.05) is 0 Å². The van der Waals surface area contributed by atoms with Gasteiger partial charge in [-0.05, 0) is 50.4 Å².